The number of ether oxygens (including phenoxy) is 2. The van der Waals surface area contributed by atoms with E-state index in [0.717, 1.165) is 24.3 Å². The van der Waals surface area contributed by atoms with Gasteiger partial charge in [-0.1, -0.05) is 49.4 Å². The predicted octanol–water partition coefficient (Wildman–Crippen LogP) is 6.28. The lowest BCUT2D eigenvalue weighted by molar-refractivity contribution is -0.149. The summed E-state index contributed by atoms with van der Waals surface area (Å²) >= 11 is 0. The molecule has 1 N–H and O–H groups in total. The summed E-state index contributed by atoms with van der Waals surface area (Å²) in [6.45, 7) is 20.2. The molecular weight excluding hydrogens is 693 g/mol. The number of amides is 3. The molecule has 6 rings (SSSR count). The molecule has 292 valence electrons. The van der Waals surface area contributed by atoms with Gasteiger partial charge in [-0.05, 0) is 101 Å². The minimum Gasteiger partial charge on any atom is -0.494 e. The van der Waals surface area contributed by atoms with E-state index in [1.54, 1.807) is 26.9 Å². The fourth-order valence-electron chi connectivity index (χ4n) is 9.40. The fraction of sp³-hybridized carbons (Fsp3) is 0.444. The second-order valence-electron chi connectivity index (χ2n) is 15.1. The van der Waals surface area contributed by atoms with E-state index in [1.807, 2.05) is 99.6 Å². The molecule has 0 radical (unpaired) electrons. The number of fused-ring (bicyclic) bond motifs is 1. The second-order valence-corrected chi connectivity index (χ2v) is 15.1. The second kappa shape index (κ2) is 16.4. The Bertz CT molecular complexity index is 1850. The van der Waals surface area contributed by atoms with Crippen molar-refractivity contribution in [1.29, 1.82) is 0 Å². The highest BCUT2D eigenvalue weighted by molar-refractivity contribution is 6.07. The third kappa shape index (κ3) is 6.95. The molecule has 3 fully saturated rings. The first kappa shape index (κ1) is 39.8. The van der Waals surface area contributed by atoms with Crippen molar-refractivity contribution in [3.8, 4) is 5.75 Å². The smallest absolute Gasteiger partial charge is 0.253 e. The van der Waals surface area contributed by atoms with Crippen molar-refractivity contribution in [2.24, 2.45) is 17.8 Å². The number of hydrogen-bond acceptors (Lipinski definition) is 7. The van der Waals surface area contributed by atoms with E-state index in [-0.39, 0.29) is 43.3 Å². The molecule has 3 aliphatic rings. The first-order valence-corrected chi connectivity index (χ1v) is 19.6. The van der Waals surface area contributed by atoms with Crippen molar-refractivity contribution in [2.75, 3.05) is 54.1 Å². The molecule has 3 saturated heterocycles. The van der Waals surface area contributed by atoms with Crippen molar-refractivity contribution < 1.29 is 29.0 Å². The molecule has 55 heavy (non-hydrogen) atoms. The Morgan fingerprint density at radius 1 is 0.909 bits per heavy atom. The third-order valence-electron chi connectivity index (χ3n) is 12.1. The number of likely N-dealkylation sites (tertiary alicyclic amines) is 1. The quantitative estimate of drug-likeness (QED) is 0.162. The van der Waals surface area contributed by atoms with E-state index in [0.29, 0.717) is 36.6 Å². The zero-order valence-electron chi connectivity index (χ0n) is 32.9. The predicted molar refractivity (Wildman–Crippen MR) is 217 cm³/mol. The number of hydrogen-bond donors (Lipinski definition) is 1. The topological polar surface area (TPSA) is 103 Å². The van der Waals surface area contributed by atoms with Crippen LogP contribution in [0, 0.1) is 17.8 Å². The van der Waals surface area contributed by atoms with E-state index in [9.17, 15) is 5.11 Å². The summed E-state index contributed by atoms with van der Waals surface area (Å²) in [4.78, 5) is 53.0. The van der Waals surface area contributed by atoms with Gasteiger partial charge in [-0.2, -0.15) is 0 Å². The van der Waals surface area contributed by atoms with Crippen molar-refractivity contribution in [1.82, 2.24) is 4.90 Å². The Balaban J connectivity index is 1.47. The largest absolute Gasteiger partial charge is 0.494 e. The van der Waals surface area contributed by atoms with Gasteiger partial charge in [-0.3, -0.25) is 14.4 Å². The van der Waals surface area contributed by atoms with E-state index in [1.165, 1.54) is 0 Å². The van der Waals surface area contributed by atoms with Crippen LogP contribution in [0.1, 0.15) is 46.6 Å². The van der Waals surface area contributed by atoms with Crippen molar-refractivity contribution in [2.45, 2.75) is 70.7 Å². The Kier molecular flexibility index (Phi) is 11.9. The molecule has 2 bridgehead atoms. The van der Waals surface area contributed by atoms with Gasteiger partial charge < -0.3 is 34.2 Å². The maximum atomic E-state index is 15.4. The van der Waals surface area contributed by atoms with Crippen LogP contribution in [0.4, 0.5) is 17.1 Å². The SMILES string of the molecule is C=CCN(C(=O)C1N([C@@H](CO)Cc2ccccc2)C(=O)[C@@H]2[C@H](C(=O)N(CC=C)c3ccc(OCC)cc3)[C@@]3(C)OC12CC3C)c1ccc(N(CC)CC)cc1. The molecule has 0 aromatic heterocycles. The molecule has 0 aliphatic carbocycles. The van der Waals surface area contributed by atoms with Gasteiger partial charge in [0, 0.05) is 43.2 Å². The van der Waals surface area contributed by atoms with Gasteiger partial charge in [0.15, 0.2) is 0 Å². The molecule has 10 heteroatoms. The summed E-state index contributed by atoms with van der Waals surface area (Å²) in [5.74, 6) is -2.33. The van der Waals surface area contributed by atoms with Gasteiger partial charge in [0.1, 0.15) is 17.4 Å². The summed E-state index contributed by atoms with van der Waals surface area (Å²) in [7, 11) is 0. The highest BCUT2D eigenvalue weighted by Gasteiger charge is 2.80. The van der Waals surface area contributed by atoms with Gasteiger partial charge in [-0.25, -0.2) is 0 Å². The van der Waals surface area contributed by atoms with Crippen LogP contribution in [-0.2, 0) is 25.5 Å². The monoisotopic (exact) mass is 748 g/mol. The third-order valence-corrected chi connectivity index (χ3v) is 12.1. The van der Waals surface area contributed by atoms with E-state index in [4.69, 9.17) is 9.47 Å². The average Bonchev–Trinajstić information content (AvgIpc) is 3.72. The van der Waals surface area contributed by atoms with Crippen LogP contribution >= 0.6 is 0 Å². The number of rotatable bonds is 17. The standard InChI is InChI=1S/C45H56N4O6/c1-8-26-47(35-22-24-37(25-23-35)54-12-5)41(51)38-39-42(52)49(36(30-50)28-32-16-14-13-15-17-32)40(45(39)29-31(6)44(38,7)55-45)43(53)48(27-9-2)34-20-18-33(19-21-34)46(10-3)11-4/h8-9,13-25,31,36,38-40,50H,1-2,10-12,26-30H2,3-7H3/t31?,36-,38-,39+,40?,44+,45?/m1/s1. The lowest BCUT2D eigenvalue weighted by atomic mass is 9.62. The van der Waals surface area contributed by atoms with Crippen LogP contribution in [0.25, 0.3) is 0 Å². The van der Waals surface area contributed by atoms with Crippen LogP contribution in [0.2, 0.25) is 0 Å². The molecule has 3 heterocycles. The van der Waals surface area contributed by atoms with Gasteiger partial charge in [0.05, 0.1) is 36.7 Å². The number of carbonyl (C=O) groups excluding carboxylic acids is 3. The highest BCUT2D eigenvalue weighted by Crippen LogP contribution is 2.66. The minimum absolute atomic E-state index is 0.172. The van der Waals surface area contributed by atoms with Crippen molar-refractivity contribution >= 4 is 34.8 Å². The summed E-state index contributed by atoms with van der Waals surface area (Å²) in [6.07, 6.45) is 4.05. The lowest BCUT2D eigenvalue weighted by Gasteiger charge is -2.39. The molecule has 3 amide bonds. The van der Waals surface area contributed by atoms with Gasteiger partial charge in [0.25, 0.3) is 5.91 Å². The van der Waals surface area contributed by atoms with Crippen LogP contribution in [0.3, 0.4) is 0 Å². The van der Waals surface area contributed by atoms with Crippen LogP contribution in [0.5, 0.6) is 5.75 Å². The number of anilines is 3. The first-order valence-electron chi connectivity index (χ1n) is 19.6. The molecule has 7 atom stereocenters. The van der Waals surface area contributed by atoms with E-state index in [2.05, 4.69) is 31.9 Å². The number of carbonyl (C=O) groups is 3. The number of aliphatic hydroxyl groups excluding tert-OH is 1. The van der Waals surface area contributed by atoms with Crippen molar-refractivity contribution in [3.05, 3.63) is 110 Å². The molecule has 3 aromatic rings. The molecule has 0 saturated carbocycles. The van der Waals surface area contributed by atoms with Gasteiger partial charge >= 0.3 is 0 Å². The molecule has 3 aromatic carbocycles. The van der Waals surface area contributed by atoms with Crippen LogP contribution < -0.4 is 19.4 Å². The Hall–Kier alpha value is -4.93. The maximum Gasteiger partial charge on any atom is 0.253 e. The van der Waals surface area contributed by atoms with Crippen LogP contribution in [-0.4, -0.2) is 90.4 Å². The molecule has 3 aliphatic heterocycles. The lowest BCUT2D eigenvalue weighted by Crippen LogP contribution is -2.59. The summed E-state index contributed by atoms with van der Waals surface area (Å²) in [5.41, 5.74) is 0.872. The van der Waals surface area contributed by atoms with Crippen molar-refractivity contribution in [3.63, 3.8) is 0 Å². The first-order chi connectivity index (χ1) is 26.5. The number of aliphatic hydroxyl groups is 1. The average molecular weight is 749 g/mol. The summed E-state index contributed by atoms with van der Waals surface area (Å²) in [5, 5.41) is 11.1. The Morgan fingerprint density at radius 3 is 2.02 bits per heavy atom. The fourth-order valence-corrected chi connectivity index (χ4v) is 9.40. The zero-order chi connectivity index (χ0) is 39.5. The molecule has 3 unspecified atom stereocenters. The van der Waals surface area contributed by atoms with Gasteiger partial charge in [-0.15, -0.1) is 13.2 Å². The normalized spacial score (nSPS) is 25.6. The molecular formula is C45H56N4O6. The van der Waals surface area contributed by atoms with Crippen LogP contribution in [0.15, 0.2) is 104 Å². The summed E-state index contributed by atoms with van der Waals surface area (Å²) in [6, 6.07) is 22.9. The Morgan fingerprint density at radius 2 is 1.47 bits per heavy atom. The maximum absolute atomic E-state index is 15.4. The van der Waals surface area contributed by atoms with E-state index >= 15 is 14.4 Å². The molecule has 10 nitrogen and oxygen atoms in total. The van der Waals surface area contributed by atoms with Gasteiger partial charge in [0.2, 0.25) is 11.8 Å². The molecule has 1 spiro atoms. The minimum atomic E-state index is -1.33. The highest BCUT2D eigenvalue weighted by atomic mass is 16.5. The van der Waals surface area contributed by atoms with E-state index < -0.39 is 35.1 Å². The number of benzene rings is 3. The number of nitrogens with zero attached hydrogens (tertiary/aromatic N) is 4. The zero-order valence-corrected chi connectivity index (χ0v) is 32.9. The summed E-state index contributed by atoms with van der Waals surface area (Å²) < 4.78 is 12.8. The Labute approximate surface area is 326 Å².